The molecule has 1 unspecified atom stereocenters. The third kappa shape index (κ3) is 4.10. The van der Waals surface area contributed by atoms with Gasteiger partial charge in [-0.3, -0.25) is 4.68 Å². The first-order valence-corrected chi connectivity index (χ1v) is 8.16. The summed E-state index contributed by atoms with van der Waals surface area (Å²) < 4.78 is 39.6. The number of hydrogen-bond donors (Lipinski definition) is 1. The van der Waals surface area contributed by atoms with Gasteiger partial charge in [0.2, 0.25) is 0 Å². The zero-order valence-electron chi connectivity index (χ0n) is 14.5. The fourth-order valence-electron chi connectivity index (χ4n) is 2.82. The number of carbonyl (C=O) groups excluding carboxylic acids is 1. The number of morpholine rings is 1. The zero-order valence-corrected chi connectivity index (χ0v) is 14.5. The highest BCUT2D eigenvalue weighted by Crippen LogP contribution is 2.25. The van der Waals surface area contributed by atoms with Crippen molar-refractivity contribution >= 4 is 11.7 Å². The monoisotopic (exact) mass is 366 g/mol. The predicted molar refractivity (Wildman–Crippen MR) is 90.2 cm³/mol. The lowest BCUT2D eigenvalue weighted by atomic mass is 10.2. The highest BCUT2D eigenvalue weighted by atomic mass is 19.1. The Kier molecular flexibility index (Phi) is 5.36. The van der Waals surface area contributed by atoms with Gasteiger partial charge in [-0.05, 0) is 12.5 Å². The molecule has 1 aliphatic heterocycles. The quantitative estimate of drug-likeness (QED) is 0.902. The highest BCUT2D eigenvalue weighted by Gasteiger charge is 2.25. The molecule has 1 atom stereocenters. The van der Waals surface area contributed by atoms with E-state index in [4.69, 9.17) is 4.74 Å². The number of amides is 2. The minimum Gasteiger partial charge on any atom is -0.491 e. The molecule has 1 aliphatic rings. The summed E-state index contributed by atoms with van der Waals surface area (Å²) >= 11 is 0. The Hall–Kier alpha value is -2.68. The molecule has 7 nitrogen and oxygen atoms in total. The van der Waals surface area contributed by atoms with E-state index in [-0.39, 0.29) is 11.8 Å². The standard InChI is InChI=1S/C17H20F2N4O3/c1-11-7-20-23(8-11)10-13-9-22(3-4-26-13)17(24)21-12-5-14(18)16(25-2)15(19)6-12/h5-8,13H,3-4,9-10H2,1-2H3,(H,21,24). The molecule has 0 aliphatic carbocycles. The van der Waals surface area contributed by atoms with Crippen LogP contribution in [-0.4, -0.2) is 53.6 Å². The second kappa shape index (κ2) is 7.69. The molecular formula is C17H20F2N4O3. The largest absolute Gasteiger partial charge is 0.491 e. The minimum atomic E-state index is -0.878. The van der Waals surface area contributed by atoms with Gasteiger partial charge in [0.25, 0.3) is 0 Å². The molecule has 1 saturated heterocycles. The molecule has 2 aromatic rings. The van der Waals surface area contributed by atoms with Crippen molar-refractivity contribution in [1.82, 2.24) is 14.7 Å². The molecule has 3 rings (SSSR count). The number of benzene rings is 1. The predicted octanol–water partition coefficient (Wildman–Crippen LogP) is 2.41. The van der Waals surface area contributed by atoms with Crippen LogP contribution in [0.3, 0.4) is 0 Å². The zero-order chi connectivity index (χ0) is 18.7. The van der Waals surface area contributed by atoms with Crippen molar-refractivity contribution in [2.75, 3.05) is 32.1 Å². The second-order valence-electron chi connectivity index (χ2n) is 6.08. The Morgan fingerprint density at radius 1 is 1.42 bits per heavy atom. The maximum absolute atomic E-state index is 13.8. The van der Waals surface area contributed by atoms with Gasteiger partial charge in [0, 0.05) is 30.6 Å². The van der Waals surface area contributed by atoms with Crippen molar-refractivity contribution in [3.05, 3.63) is 41.7 Å². The van der Waals surface area contributed by atoms with Crippen molar-refractivity contribution < 1.29 is 23.0 Å². The molecule has 0 radical (unpaired) electrons. The van der Waals surface area contributed by atoms with Crippen LogP contribution in [0, 0.1) is 18.6 Å². The number of aryl methyl sites for hydroxylation is 1. The summed E-state index contributed by atoms with van der Waals surface area (Å²) in [5.74, 6) is -2.24. The molecule has 2 heterocycles. The Balaban J connectivity index is 1.62. The lowest BCUT2D eigenvalue weighted by Gasteiger charge is -2.33. The van der Waals surface area contributed by atoms with Gasteiger partial charge < -0.3 is 19.7 Å². The summed E-state index contributed by atoms with van der Waals surface area (Å²) in [4.78, 5) is 14.0. The number of nitrogens with one attached hydrogen (secondary N) is 1. The van der Waals surface area contributed by atoms with E-state index in [9.17, 15) is 13.6 Å². The summed E-state index contributed by atoms with van der Waals surface area (Å²) in [6, 6.07) is 1.59. The number of urea groups is 1. The van der Waals surface area contributed by atoms with Crippen molar-refractivity contribution in [1.29, 1.82) is 0 Å². The SMILES string of the molecule is COc1c(F)cc(NC(=O)N2CCOC(Cn3cc(C)cn3)C2)cc1F. The Bertz CT molecular complexity index is 773. The highest BCUT2D eigenvalue weighted by molar-refractivity contribution is 5.89. The van der Waals surface area contributed by atoms with Crippen molar-refractivity contribution in [2.24, 2.45) is 0 Å². The van der Waals surface area contributed by atoms with Crippen molar-refractivity contribution in [3.8, 4) is 5.75 Å². The average molecular weight is 366 g/mol. The number of carbonyl (C=O) groups is 1. The molecular weight excluding hydrogens is 346 g/mol. The van der Waals surface area contributed by atoms with Gasteiger partial charge in [0.05, 0.1) is 39.1 Å². The van der Waals surface area contributed by atoms with Gasteiger partial charge in [0.1, 0.15) is 0 Å². The second-order valence-corrected chi connectivity index (χ2v) is 6.08. The van der Waals surface area contributed by atoms with Crippen LogP contribution < -0.4 is 10.1 Å². The van der Waals surface area contributed by atoms with Gasteiger partial charge in [-0.2, -0.15) is 5.10 Å². The smallest absolute Gasteiger partial charge is 0.322 e. The number of nitrogens with zero attached hydrogens (tertiary/aromatic N) is 3. The van der Waals surface area contributed by atoms with Gasteiger partial charge in [-0.1, -0.05) is 0 Å². The van der Waals surface area contributed by atoms with Gasteiger partial charge in [-0.15, -0.1) is 0 Å². The molecule has 1 fully saturated rings. The number of methoxy groups -OCH3 is 1. The molecule has 9 heteroatoms. The van der Waals surface area contributed by atoms with E-state index in [0.717, 1.165) is 17.7 Å². The van der Waals surface area contributed by atoms with Crippen LogP contribution in [0.2, 0.25) is 0 Å². The number of hydrogen-bond acceptors (Lipinski definition) is 4. The molecule has 0 saturated carbocycles. The van der Waals surface area contributed by atoms with Gasteiger partial charge in [0.15, 0.2) is 17.4 Å². The van der Waals surface area contributed by atoms with E-state index in [1.165, 1.54) is 7.11 Å². The molecule has 0 bridgehead atoms. The Morgan fingerprint density at radius 3 is 2.77 bits per heavy atom. The van der Waals surface area contributed by atoms with Crippen LogP contribution in [0.15, 0.2) is 24.5 Å². The number of rotatable bonds is 4. The molecule has 0 spiro atoms. The van der Waals surface area contributed by atoms with Crippen molar-refractivity contribution in [2.45, 2.75) is 19.6 Å². The van der Waals surface area contributed by atoms with Crippen LogP contribution in [0.1, 0.15) is 5.56 Å². The molecule has 140 valence electrons. The summed E-state index contributed by atoms with van der Waals surface area (Å²) in [6.07, 6.45) is 3.43. The topological polar surface area (TPSA) is 68.6 Å². The summed E-state index contributed by atoms with van der Waals surface area (Å²) in [7, 11) is 1.18. The maximum atomic E-state index is 13.8. The van der Waals surface area contributed by atoms with E-state index < -0.39 is 23.4 Å². The average Bonchev–Trinajstić information content (AvgIpc) is 2.99. The van der Waals surface area contributed by atoms with E-state index in [2.05, 4.69) is 15.2 Å². The fraction of sp³-hybridized carbons (Fsp3) is 0.412. The maximum Gasteiger partial charge on any atom is 0.322 e. The van der Waals surface area contributed by atoms with Crippen LogP contribution in [0.4, 0.5) is 19.3 Å². The van der Waals surface area contributed by atoms with Crippen LogP contribution >= 0.6 is 0 Å². The Morgan fingerprint density at radius 2 is 2.15 bits per heavy atom. The normalized spacial score (nSPS) is 17.2. The molecule has 1 N–H and O–H groups in total. The number of aromatic nitrogens is 2. The van der Waals surface area contributed by atoms with E-state index in [1.807, 2.05) is 13.1 Å². The third-order valence-corrected chi connectivity index (χ3v) is 4.03. The third-order valence-electron chi connectivity index (χ3n) is 4.03. The van der Waals surface area contributed by atoms with E-state index in [0.29, 0.717) is 26.2 Å². The Labute approximate surface area is 149 Å². The number of anilines is 1. The molecule has 26 heavy (non-hydrogen) atoms. The van der Waals surface area contributed by atoms with E-state index >= 15 is 0 Å². The van der Waals surface area contributed by atoms with Crippen LogP contribution in [0.25, 0.3) is 0 Å². The number of halogens is 2. The fourth-order valence-corrected chi connectivity index (χ4v) is 2.82. The molecule has 1 aromatic heterocycles. The molecule has 1 aromatic carbocycles. The van der Waals surface area contributed by atoms with Gasteiger partial charge in [-0.25, -0.2) is 13.6 Å². The summed E-state index contributed by atoms with van der Waals surface area (Å²) in [6.45, 7) is 3.58. The number of ether oxygens (including phenoxy) is 2. The van der Waals surface area contributed by atoms with Crippen molar-refractivity contribution in [3.63, 3.8) is 0 Å². The summed E-state index contributed by atoms with van der Waals surface area (Å²) in [5.41, 5.74) is 1.07. The van der Waals surface area contributed by atoms with Crippen LogP contribution in [0.5, 0.6) is 5.75 Å². The summed E-state index contributed by atoms with van der Waals surface area (Å²) in [5, 5.41) is 6.71. The first kappa shape index (κ1) is 18.1. The first-order valence-electron chi connectivity index (χ1n) is 8.16. The first-order chi connectivity index (χ1) is 12.5. The van der Waals surface area contributed by atoms with E-state index in [1.54, 1.807) is 15.8 Å². The minimum absolute atomic E-state index is 0.0246. The lowest BCUT2D eigenvalue weighted by molar-refractivity contribution is -0.0219. The van der Waals surface area contributed by atoms with Gasteiger partial charge >= 0.3 is 6.03 Å². The lowest BCUT2D eigenvalue weighted by Crippen LogP contribution is -2.48. The molecule has 2 amide bonds. The van der Waals surface area contributed by atoms with Crippen LogP contribution in [-0.2, 0) is 11.3 Å².